The fraction of sp³-hybridized carbons (Fsp3) is 0.100. The monoisotopic (exact) mass is 202 g/mol. The summed E-state index contributed by atoms with van der Waals surface area (Å²) in [7, 11) is 1.73. The molecule has 0 saturated carbocycles. The maximum Gasteiger partial charge on any atom is 0.200 e. The van der Waals surface area contributed by atoms with Crippen LogP contribution in [0.3, 0.4) is 0 Å². The second-order valence-corrected chi connectivity index (χ2v) is 3.02. The van der Waals surface area contributed by atoms with Crippen molar-refractivity contribution < 1.29 is 4.39 Å². The average Bonchev–Trinajstić information content (AvgIpc) is 2.64. The van der Waals surface area contributed by atoms with E-state index >= 15 is 0 Å². The standard InChI is InChI=1S/C10H7FN4/c1-12-9-5-7(11)3-4-8(9)10-13-6-15(2)14-10/h3-6H,2H3. The van der Waals surface area contributed by atoms with Gasteiger partial charge in [0.05, 0.1) is 6.57 Å². The van der Waals surface area contributed by atoms with Crippen molar-refractivity contribution in [2.45, 2.75) is 0 Å². The van der Waals surface area contributed by atoms with Gasteiger partial charge in [0.25, 0.3) is 0 Å². The molecular formula is C10H7FN4. The summed E-state index contributed by atoms with van der Waals surface area (Å²) in [4.78, 5) is 7.25. The topological polar surface area (TPSA) is 35.1 Å². The Morgan fingerprint density at radius 1 is 1.47 bits per heavy atom. The Balaban J connectivity index is 2.58. The van der Waals surface area contributed by atoms with Crippen LogP contribution in [0, 0.1) is 12.4 Å². The first-order chi connectivity index (χ1) is 7.20. The smallest absolute Gasteiger partial charge is 0.200 e. The van der Waals surface area contributed by atoms with Crippen LogP contribution in [-0.4, -0.2) is 14.8 Å². The molecule has 0 atom stereocenters. The third-order valence-corrected chi connectivity index (χ3v) is 1.92. The van der Waals surface area contributed by atoms with Crippen molar-refractivity contribution in [3.8, 4) is 11.4 Å². The molecule has 1 heterocycles. The highest BCUT2D eigenvalue weighted by Gasteiger charge is 2.09. The molecule has 0 unspecified atom stereocenters. The van der Waals surface area contributed by atoms with Gasteiger partial charge in [0, 0.05) is 12.6 Å². The van der Waals surface area contributed by atoms with E-state index in [4.69, 9.17) is 6.57 Å². The lowest BCUT2D eigenvalue weighted by Gasteiger charge is -1.98. The first-order valence-corrected chi connectivity index (χ1v) is 4.24. The van der Waals surface area contributed by atoms with Gasteiger partial charge in [-0.1, -0.05) is 6.07 Å². The van der Waals surface area contributed by atoms with E-state index < -0.39 is 5.82 Å². The van der Waals surface area contributed by atoms with Crippen molar-refractivity contribution in [1.82, 2.24) is 14.8 Å². The summed E-state index contributed by atoms with van der Waals surface area (Å²) in [6.07, 6.45) is 1.53. The van der Waals surface area contributed by atoms with Crippen molar-refractivity contribution >= 4 is 5.69 Å². The lowest BCUT2D eigenvalue weighted by molar-refractivity contribution is 0.629. The Morgan fingerprint density at radius 2 is 2.27 bits per heavy atom. The average molecular weight is 202 g/mol. The Bertz CT molecular complexity index is 539. The van der Waals surface area contributed by atoms with Crippen LogP contribution in [0.25, 0.3) is 16.2 Å². The summed E-state index contributed by atoms with van der Waals surface area (Å²) in [5, 5.41) is 4.06. The maximum absolute atomic E-state index is 12.9. The number of hydrogen-bond acceptors (Lipinski definition) is 2. The van der Waals surface area contributed by atoms with Gasteiger partial charge in [0.1, 0.15) is 12.1 Å². The highest BCUT2D eigenvalue weighted by Crippen LogP contribution is 2.28. The fourth-order valence-corrected chi connectivity index (χ4v) is 1.25. The molecule has 0 fully saturated rings. The molecule has 2 aromatic rings. The van der Waals surface area contributed by atoms with Gasteiger partial charge in [-0.2, -0.15) is 5.10 Å². The predicted molar refractivity (Wildman–Crippen MR) is 52.7 cm³/mol. The molecule has 0 amide bonds. The molecule has 0 radical (unpaired) electrons. The van der Waals surface area contributed by atoms with Crippen molar-refractivity contribution in [2.24, 2.45) is 7.05 Å². The summed E-state index contributed by atoms with van der Waals surface area (Å²) in [6, 6.07) is 3.98. The molecule has 0 saturated heterocycles. The minimum absolute atomic E-state index is 0.223. The molecule has 15 heavy (non-hydrogen) atoms. The van der Waals surface area contributed by atoms with Gasteiger partial charge in [0.15, 0.2) is 5.82 Å². The molecule has 0 bridgehead atoms. The molecular weight excluding hydrogens is 195 g/mol. The van der Waals surface area contributed by atoms with E-state index in [1.165, 1.54) is 29.2 Å². The largest absolute Gasteiger partial charge is 0.255 e. The van der Waals surface area contributed by atoms with Gasteiger partial charge in [-0.3, -0.25) is 4.68 Å². The minimum Gasteiger partial charge on any atom is -0.255 e. The highest BCUT2D eigenvalue weighted by atomic mass is 19.1. The molecule has 74 valence electrons. The second-order valence-electron chi connectivity index (χ2n) is 3.02. The zero-order valence-corrected chi connectivity index (χ0v) is 7.98. The molecule has 5 heteroatoms. The summed E-state index contributed by atoms with van der Waals surface area (Å²) < 4.78 is 14.4. The molecule has 0 spiro atoms. The normalized spacial score (nSPS) is 9.93. The van der Waals surface area contributed by atoms with Crippen LogP contribution in [0.1, 0.15) is 0 Å². The van der Waals surface area contributed by atoms with Gasteiger partial charge in [0.2, 0.25) is 5.69 Å². The molecule has 4 nitrogen and oxygen atoms in total. The summed E-state index contributed by atoms with van der Waals surface area (Å²) in [6.45, 7) is 6.93. The van der Waals surface area contributed by atoms with Gasteiger partial charge in [-0.25, -0.2) is 14.2 Å². The van der Waals surface area contributed by atoms with E-state index in [2.05, 4.69) is 14.9 Å². The van der Waals surface area contributed by atoms with Crippen LogP contribution in [-0.2, 0) is 7.05 Å². The van der Waals surface area contributed by atoms with Crippen LogP contribution in [0.2, 0.25) is 0 Å². The fourth-order valence-electron chi connectivity index (χ4n) is 1.25. The van der Waals surface area contributed by atoms with Crippen LogP contribution in [0.5, 0.6) is 0 Å². The van der Waals surface area contributed by atoms with Crippen molar-refractivity contribution in [1.29, 1.82) is 0 Å². The zero-order valence-electron chi connectivity index (χ0n) is 7.98. The van der Waals surface area contributed by atoms with Gasteiger partial charge < -0.3 is 0 Å². The van der Waals surface area contributed by atoms with Crippen LogP contribution < -0.4 is 0 Å². The first-order valence-electron chi connectivity index (χ1n) is 4.24. The van der Waals surface area contributed by atoms with E-state index in [-0.39, 0.29) is 5.69 Å². The number of rotatable bonds is 1. The van der Waals surface area contributed by atoms with Crippen LogP contribution in [0.4, 0.5) is 10.1 Å². The van der Waals surface area contributed by atoms with E-state index in [0.717, 1.165) is 0 Å². The number of hydrogen-bond donors (Lipinski definition) is 0. The Labute approximate surface area is 85.8 Å². The molecule has 1 aromatic carbocycles. The third kappa shape index (κ3) is 1.70. The number of aromatic nitrogens is 3. The van der Waals surface area contributed by atoms with Gasteiger partial charge in [-0.05, 0) is 12.1 Å². The summed E-state index contributed by atoms with van der Waals surface area (Å²) in [5.74, 6) is 0.00387. The van der Waals surface area contributed by atoms with Crippen LogP contribution in [0.15, 0.2) is 24.5 Å². The van der Waals surface area contributed by atoms with Crippen molar-refractivity contribution in [3.63, 3.8) is 0 Å². The van der Waals surface area contributed by atoms with Crippen molar-refractivity contribution in [2.75, 3.05) is 0 Å². The van der Waals surface area contributed by atoms with E-state index in [9.17, 15) is 4.39 Å². The molecule has 1 aromatic heterocycles. The number of halogens is 1. The van der Waals surface area contributed by atoms with E-state index in [1.54, 1.807) is 7.05 Å². The molecule has 0 aliphatic carbocycles. The van der Waals surface area contributed by atoms with Crippen LogP contribution >= 0.6 is 0 Å². The van der Waals surface area contributed by atoms with Crippen molar-refractivity contribution in [3.05, 3.63) is 41.8 Å². The van der Waals surface area contributed by atoms with Gasteiger partial charge >= 0.3 is 0 Å². The molecule has 0 N–H and O–H groups in total. The Morgan fingerprint density at radius 3 is 2.87 bits per heavy atom. The van der Waals surface area contributed by atoms with Gasteiger partial charge in [-0.15, -0.1) is 0 Å². The zero-order chi connectivity index (χ0) is 10.8. The Hall–Kier alpha value is -2.22. The third-order valence-electron chi connectivity index (χ3n) is 1.92. The second kappa shape index (κ2) is 3.50. The van der Waals surface area contributed by atoms with E-state index in [1.807, 2.05) is 0 Å². The lowest BCUT2D eigenvalue weighted by Crippen LogP contribution is -1.88. The Kier molecular flexibility index (Phi) is 2.18. The molecule has 0 aliphatic rings. The van der Waals surface area contributed by atoms with E-state index in [0.29, 0.717) is 11.4 Å². The molecule has 0 aliphatic heterocycles. The lowest BCUT2D eigenvalue weighted by atomic mass is 10.1. The highest BCUT2D eigenvalue weighted by molar-refractivity contribution is 5.73. The summed E-state index contributed by atoms with van der Waals surface area (Å²) >= 11 is 0. The minimum atomic E-state index is -0.430. The molecule has 2 rings (SSSR count). The SMILES string of the molecule is [C-]#[N+]c1cc(F)ccc1-c1ncn(C)n1. The number of aryl methyl sites for hydroxylation is 1. The first kappa shape index (κ1) is 9.34. The number of benzene rings is 1. The quantitative estimate of drug-likeness (QED) is 0.664. The summed E-state index contributed by atoms with van der Waals surface area (Å²) in [5.41, 5.74) is 0.771. The maximum atomic E-state index is 12.9. The predicted octanol–water partition coefficient (Wildman–Crippen LogP) is 2.17. The number of nitrogens with zero attached hydrogens (tertiary/aromatic N) is 4.